The molecule has 0 aromatic carbocycles. The van der Waals surface area contributed by atoms with E-state index in [1.807, 2.05) is 11.3 Å². The first-order valence-corrected chi connectivity index (χ1v) is 7.29. The molecule has 3 heteroatoms. The zero-order valence-corrected chi connectivity index (χ0v) is 10.5. The Morgan fingerprint density at radius 3 is 2.75 bits per heavy atom. The lowest BCUT2D eigenvalue weighted by atomic mass is 9.94. The minimum Gasteiger partial charge on any atom is -0.315 e. The summed E-state index contributed by atoms with van der Waals surface area (Å²) in [5.74, 6) is 0.839. The molecule has 1 unspecified atom stereocenters. The molecule has 0 saturated carbocycles. The van der Waals surface area contributed by atoms with E-state index in [4.69, 9.17) is 0 Å². The Balaban J connectivity index is 1.55. The summed E-state index contributed by atoms with van der Waals surface area (Å²) in [4.78, 5) is 4.30. The summed E-state index contributed by atoms with van der Waals surface area (Å²) in [6.07, 6.45) is 4.07. The Morgan fingerprint density at radius 2 is 2.12 bits per heavy atom. The third-order valence-corrected chi connectivity index (χ3v) is 5.06. The number of hydrogen-bond acceptors (Lipinski definition) is 3. The Hall–Kier alpha value is -0.380. The van der Waals surface area contributed by atoms with Crippen molar-refractivity contribution >= 4 is 11.3 Å². The summed E-state index contributed by atoms with van der Waals surface area (Å²) in [5.41, 5.74) is 0. The van der Waals surface area contributed by atoms with Gasteiger partial charge in [-0.05, 0) is 56.3 Å². The van der Waals surface area contributed by atoms with Gasteiger partial charge in [0, 0.05) is 17.5 Å². The van der Waals surface area contributed by atoms with Crippen LogP contribution in [0.1, 0.15) is 30.1 Å². The largest absolute Gasteiger partial charge is 0.315 e. The summed E-state index contributed by atoms with van der Waals surface area (Å²) in [7, 11) is 0. The first-order chi connectivity index (χ1) is 7.93. The SMILES string of the molecule is c1csc(C2CCN(C3CCNC3)CC2)c1. The van der Waals surface area contributed by atoms with E-state index in [2.05, 4.69) is 27.7 Å². The lowest BCUT2D eigenvalue weighted by molar-refractivity contribution is 0.162. The summed E-state index contributed by atoms with van der Waals surface area (Å²) in [6, 6.07) is 5.32. The molecule has 2 aliphatic rings. The van der Waals surface area contributed by atoms with E-state index in [0.29, 0.717) is 0 Å². The van der Waals surface area contributed by atoms with Gasteiger partial charge in [0.2, 0.25) is 0 Å². The van der Waals surface area contributed by atoms with Crippen molar-refractivity contribution in [3.63, 3.8) is 0 Å². The molecule has 1 atom stereocenters. The number of likely N-dealkylation sites (tertiary alicyclic amines) is 1. The fraction of sp³-hybridized carbons (Fsp3) is 0.692. The molecule has 1 N–H and O–H groups in total. The molecule has 2 aliphatic heterocycles. The normalized spacial score (nSPS) is 28.6. The molecule has 0 aliphatic carbocycles. The van der Waals surface area contributed by atoms with Crippen LogP contribution in [0.2, 0.25) is 0 Å². The minimum atomic E-state index is 0.823. The number of thiophene rings is 1. The van der Waals surface area contributed by atoms with E-state index >= 15 is 0 Å². The molecule has 88 valence electrons. The van der Waals surface area contributed by atoms with Crippen molar-refractivity contribution in [1.82, 2.24) is 10.2 Å². The van der Waals surface area contributed by atoms with Crippen molar-refractivity contribution in [2.24, 2.45) is 0 Å². The molecule has 0 bridgehead atoms. The van der Waals surface area contributed by atoms with Crippen molar-refractivity contribution < 1.29 is 0 Å². The standard InChI is InChI=1S/C13H20N2S/c1-2-13(16-9-1)11-4-7-15(8-5-11)12-3-6-14-10-12/h1-2,9,11-12,14H,3-8,10H2. The zero-order valence-electron chi connectivity index (χ0n) is 9.69. The van der Waals surface area contributed by atoms with Gasteiger partial charge >= 0.3 is 0 Å². The highest BCUT2D eigenvalue weighted by atomic mass is 32.1. The van der Waals surface area contributed by atoms with Gasteiger partial charge in [0.05, 0.1) is 0 Å². The summed E-state index contributed by atoms with van der Waals surface area (Å²) in [6.45, 7) is 5.03. The molecule has 0 amide bonds. The van der Waals surface area contributed by atoms with Crippen LogP contribution in [0.15, 0.2) is 17.5 Å². The number of hydrogen-bond donors (Lipinski definition) is 1. The Morgan fingerprint density at radius 1 is 1.25 bits per heavy atom. The van der Waals surface area contributed by atoms with E-state index in [9.17, 15) is 0 Å². The summed E-state index contributed by atoms with van der Waals surface area (Å²) < 4.78 is 0. The van der Waals surface area contributed by atoms with Gasteiger partial charge in [0.25, 0.3) is 0 Å². The molecule has 3 heterocycles. The van der Waals surface area contributed by atoms with Gasteiger partial charge in [-0.15, -0.1) is 11.3 Å². The fourth-order valence-corrected chi connectivity index (χ4v) is 3.92. The molecular formula is C13H20N2S. The highest BCUT2D eigenvalue weighted by Gasteiger charge is 2.27. The molecule has 2 saturated heterocycles. The Labute approximate surface area is 102 Å². The van der Waals surface area contributed by atoms with E-state index in [-0.39, 0.29) is 0 Å². The van der Waals surface area contributed by atoms with Gasteiger partial charge in [0.15, 0.2) is 0 Å². The maximum Gasteiger partial charge on any atom is 0.0232 e. The van der Waals surface area contributed by atoms with Crippen LogP contribution in [0, 0.1) is 0 Å². The van der Waals surface area contributed by atoms with Crippen LogP contribution in [-0.4, -0.2) is 37.1 Å². The molecule has 16 heavy (non-hydrogen) atoms. The average Bonchev–Trinajstić information content (AvgIpc) is 3.03. The maximum absolute atomic E-state index is 3.47. The summed E-state index contributed by atoms with van der Waals surface area (Å²) >= 11 is 1.93. The monoisotopic (exact) mass is 236 g/mol. The van der Waals surface area contributed by atoms with Gasteiger partial charge in [-0.3, -0.25) is 4.90 Å². The van der Waals surface area contributed by atoms with Gasteiger partial charge in [-0.2, -0.15) is 0 Å². The third-order valence-electron chi connectivity index (χ3n) is 4.03. The Bertz CT molecular complexity index is 309. The van der Waals surface area contributed by atoms with E-state index in [1.54, 1.807) is 4.88 Å². The van der Waals surface area contributed by atoms with Gasteiger partial charge < -0.3 is 5.32 Å². The van der Waals surface area contributed by atoms with Crippen LogP contribution < -0.4 is 5.32 Å². The molecular weight excluding hydrogens is 216 g/mol. The predicted molar refractivity (Wildman–Crippen MR) is 69.1 cm³/mol. The van der Waals surface area contributed by atoms with Crippen molar-refractivity contribution in [2.45, 2.75) is 31.2 Å². The topological polar surface area (TPSA) is 15.3 Å². The number of nitrogens with one attached hydrogen (secondary N) is 1. The quantitative estimate of drug-likeness (QED) is 0.847. The second-order valence-corrected chi connectivity index (χ2v) is 5.95. The fourth-order valence-electron chi connectivity index (χ4n) is 3.02. The van der Waals surface area contributed by atoms with Crippen LogP contribution in [0.3, 0.4) is 0 Å². The highest BCUT2D eigenvalue weighted by Crippen LogP contribution is 2.32. The lowest BCUT2D eigenvalue weighted by Gasteiger charge is -2.35. The van der Waals surface area contributed by atoms with Crippen LogP contribution in [0.25, 0.3) is 0 Å². The van der Waals surface area contributed by atoms with Gasteiger partial charge in [-0.25, -0.2) is 0 Å². The van der Waals surface area contributed by atoms with Crippen molar-refractivity contribution in [3.05, 3.63) is 22.4 Å². The number of rotatable bonds is 2. The number of piperidine rings is 1. The van der Waals surface area contributed by atoms with Crippen molar-refractivity contribution in [2.75, 3.05) is 26.2 Å². The molecule has 2 fully saturated rings. The Kier molecular flexibility index (Phi) is 3.27. The van der Waals surface area contributed by atoms with Crippen molar-refractivity contribution in [1.29, 1.82) is 0 Å². The van der Waals surface area contributed by atoms with Gasteiger partial charge in [0.1, 0.15) is 0 Å². The first kappa shape index (κ1) is 10.8. The number of nitrogens with zero attached hydrogens (tertiary/aromatic N) is 1. The van der Waals surface area contributed by atoms with E-state index in [1.165, 1.54) is 45.4 Å². The maximum atomic E-state index is 3.47. The van der Waals surface area contributed by atoms with Crippen LogP contribution in [0.4, 0.5) is 0 Å². The third kappa shape index (κ3) is 2.17. The second kappa shape index (κ2) is 4.86. The average molecular weight is 236 g/mol. The predicted octanol–water partition coefficient (Wildman–Crippen LogP) is 2.29. The molecule has 1 aromatic rings. The van der Waals surface area contributed by atoms with Gasteiger partial charge in [-0.1, -0.05) is 6.07 Å². The molecule has 0 radical (unpaired) electrons. The first-order valence-electron chi connectivity index (χ1n) is 6.41. The second-order valence-electron chi connectivity index (χ2n) is 4.97. The molecule has 2 nitrogen and oxygen atoms in total. The summed E-state index contributed by atoms with van der Waals surface area (Å²) in [5, 5.41) is 5.68. The zero-order chi connectivity index (χ0) is 10.8. The van der Waals surface area contributed by atoms with Crippen LogP contribution in [0.5, 0.6) is 0 Å². The van der Waals surface area contributed by atoms with E-state index < -0.39 is 0 Å². The highest BCUT2D eigenvalue weighted by molar-refractivity contribution is 7.10. The molecule has 0 spiro atoms. The lowest BCUT2D eigenvalue weighted by Crippen LogP contribution is -2.41. The minimum absolute atomic E-state index is 0.823. The van der Waals surface area contributed by atoms with Crippen molar-refractivity contribution in [3.8, 4) is 0 Å². The van der Waals surface area contributed by atoms with Crippen LogP contribution in [-0.2, 0) is 0 Å². The molecule has 1 aromatic heterocycles. The smallest absolute Gasteiger partial charge is 0.0232 e. The van der Waals surface area contributed by atoms with Crippen LogP contribution >= 0.6 is 11.3 Å². The molecule has 3 rings (SSSR count). The van der Waals surface area contributed by atoms with E-state index in [0.717, 1.165) is 12.0 Å².